The van der Waals surface area contributed by atoms with Gasteiger partial charge in [-0.25, -0.2) is 5.43 Å². The zero-order valence-corrected chi connectivity index (χ0v) is 13.0. The van der Waals surface area contributed by atoms with E-state index in [0.29, 0.717) is 23.6 Å². The van der Waals surface area contributed by atoms with Crippen molar-refractivity contribution in [2.45, 2.75) is 6.92 Å². The Bertz CT molecular complexity index is 645. The van der Waals surface area contributed by atoms with E-state index >= 15 is 0 Å². The van der Waals surface area contributed by atoms with Crippen LogP contribution < -0.4 is 10.2 Å². The van der Waals surface area contributed by atoms with Crippen LogP contribution in [-0.4, -0.2) is 23.7 Å². The molecule has 0 aliphatic heterocycles. The highest BCUT2D eigenvalue weighted by atomic mass is 79.9. The number of amides is 1. The SMILES string of the molecule is CCOc1ccc(Br)cc1C(=O)NN=Cc1ccccn1. The molecule has 0 spiro atoms. The van der Waals surface area contributed by atoms with Crippen molar-refractivity contribution in [2.24, 2.45) is 5.10 Å². The highest BCUT2D eigenvalue weighted by Crippen LogP contribution is 2.23. The number of nitrogens with one attached hydrogen (secondary N) is 1. The van der Waals surface area contributed by atoms with Crippen LogP contribution in [0.25, 0.3) is 0 Å². The molecule has 6 heteroatoms. The quantitative estimate of drug-likeness (QED) is 0.667. The van der Waals surface area contributed by atoms with Crippen molar-refractivity contribution in [1.29, 1.82) is 0 Å². The van der Waals surface area contributed by atoms with Gasteiger partial charge in [0.2, 0.25) is 0 Å². The fourth-order valence-corrected chi connectivity index (χ4v) is 1.99. The summed E-state index contributed by atoms with van der Waals surface area (Å²) in [4.78, 5) is 16.2. The van der Waals surface area contributed by atoms with Crippen molar-refractivity contribution >= 4 is 28.1 Å². The Morgan fingerprint density at radius 1 is 1.43 bits per heavy atom. The molecule has 5 nitrogen and oxygen atoms in total. The number of benzene rings is 1. The minimum Gasteiger partial charge on any atom is -0.493 e. The highest BCUT2D eigenvalue weighted by molar-refractivity contribution is 9.10. The van der Waals surface area contributed by atoms with Crippen LogP contribution in [0.2, 0.25) is 0 Å². The molecule has 1 amide bonds. The lowest BCUT2D eigenvalue weighted by Gasteiger charge is -2.09. The lowest BCUT2D eigenvalue weighted by molar-refractivity contribution is 0.0951. The first-order valence-electron chi connectivity index (χ1n) is 6.37. The van der Waals surface area contributed by atoms with Crippen molar-refractivity contribution in [1.82, 2.24) is 10.4 Å². The summed E-state index contributed by atoms with van der Waals surface area (Å²) >= 11 is 3.34. The van der Waals surface area contributed by atoms with Gasteiger partial charge in [0.15, 0.2) is 0 Å². The van der Waals surface area contributed by atoms with Crippen LogP contribution in [-0.2, 0) is 0 Å². The molecule has 0 aliphatic rings. The molecule has 1 aromatic heterocycles. The Hall–Kier alpha value is -2.21. The third kappa shape index (κ3) is 4.39. The number of hydrogen-bond donors (Lipinski definition) is 1. The van der Waals surface area contributed by atoms with Crippen LogP contribution in [0.15, 0.2) is 52.2 Å². The Kier molecular flexibility index (Phi) is 5.45. The molecule has 108 valence electrons. The largest absolute Gasteiger partial charge is 0.493 e. The minimum atomic E-state index is -0.341. The average molecular weight is 348 g/mol. The van der Waals surface area contributed by atoms with Crippen molar-refractivity contribution in [3.05, 3.63) is 58.3 Å². The van der Waals surface area contributed by atoms with E-state index < -0.39 is 0 Å². The smallest absolute Gasteiger partial charge is 0.275 e. The second-order valence-corrected chi connectivity index (χ2v) is 4.94. The third-order valence-electron chi connectivity index (χ3n) is 2.54. The van der Waals surface area contributed by atoms with Gasteiger partial charge in [0.05, 0.1) is 24.1 Å². The Balaban J connectivity index is 2.09. The van der Waals surface area contributed by atoms with E-state index in [9.17, 15) is 4.79 Å². The Morgan fingerprint density at radius 2 is 2.29 bits per heavy atom. The number of nitrogens with zero attached hydrogens (tertiary/aromatic N) is 2. The zero-order valence-electron chi connectivity index (χ0n) is 11.4. The Labute approximate surface area is 131 Å². The van der Waals surface area contributed by atoms with E-state index in [0.717, 1.165) is 4.47 Å². The maximum absolute atomic E-state index is 12.1. The lowest BCUT2D eigenvalue weighted by atomic mass is 10.2. The van der Waals surface area contributed by atoms with Gasteiger partial charge >= 0.3 is 0 Å². The minimum absolute atomic E-state index is 0.341. The number of aromatic nitrogens is 1. The topological polar surface area (TPSA) is 63.6 Å². The van der Waals surface area contributed by atoms with Crippen LogP contribution in [0.3, 0.4) is 0 Å². The second kappa shape index (κ2) is 7.54. The number of hydrogen-bond acceptors (Lipinski definition) is 4. The molecule has 0 aliphatic carbocycles. The fraction of sp³-hybridized carbons (Fsp3) is 0.133. The first-order chi connectivity index (χ1) is 10.2. The van der Waals surface area contributed by atoms with Gasteiger partial charge in [-0.2, -0.15) is 5.10 Å². The van der Waals surface area contributed by atoms with Gasteiger partial charge in [0.25, 0.3) is 5.91 Å². The van der Waals surface area contributed by atoms with Crippen LogP contribution in [0.1, 0.15) is 23.0 Å². The van der Waals surface area contributed by atoms with Crippen molar-refractivity contribution in [3.63, 3.8) is 0 Å². The molecule has 0 unspecified atom stereocenters. The molecular weight excluding hydrogens is 334 g/mol. The number of carbonyl (C=O) groups is 1. The predicted octanol–water partition coefficient (Wildman–Crippen LogP) is 3.01. The van der Waals surface area contributed by atoms with Crippen molar-refractivity contribution in [2.75, 3.05) is 6.61 Å². The first-order valence-corrected chi connectivity index (χ1v) is 7.17. The monoisotopic (exact) mass is 347 g/mol. The van der Waals surface area contributed by atoms with Gasteiger partial charge in [-0.05, 0) is 37.3 Å². The number of hydrazone groups is 1. The molecule has 0 saturated heterocycles. The van der Waals surface area contributed by atoms with Crippen LogP contribution in [0, 0.1) is 0 Å². The first kappa shape index (κ1) is 15.2. The molecule has 0 radical (unpaired) electrons. The summed E-state index contributed by atoms with van der Waals surface area (Å²) in [6.45, 7) is 2.35. The van der Waals surface area contributed by atoms with E-state index in [1.54, 1.807) is 24.4 Å². The average Bonchev–Trinajstić information content (AvgIpc) is 2.50. The van der Waals surface area contributed by atoms with Crippen LogP contribution in [0.5, 0.6) is 5.75 Å². The van der Waals surface area contributed by atoms with Crippen LogP contribution >= 0.6 is 15.9 Å². The number of carbonyl (C=O) groups excluding carboxylic acids is 1. The van der Waals surface area contributed by atoms with E-state index in [1.807, 2.05) is 25.1 Å². The summed E-state index contributed by atoms with van der Waals surface area (Å²) in [7, 11) is 0. The molecule has 21 heavy (non-hydrogen) atoms. The molecule has 1 heterocycles. The highest BCUT2D eigenvalue weighted by Gasteiger charge is 2.12. The van der Waals surface area contributed by atoms with Gasteiger partial charge < -0.3 is 4.74 Å². The molecule has 0 bridgehead atoms. The third-order valence-corrected chi connectivity index (χ3v) is 3.03. The van der Waals surface area contributed by atoms with E-state index in [-0.39, 0.29) is 5.91 Å². The summed E-state index contributed by atoms with van der Waals surface area (Å²) in [5, 5.41) is 3.89. The molecule has 0 saturated carbocycles. The van der Waals surface area contributed by atoms with E-state index in [4.69, 9.17) is 4.74 Å². The predicted molar refractivity (Wildman–Crippen MR) is 84.6 cm³/mol. The normalized spacial score (nSPS) is 10.6. The summed E-state index contributed by atoms with van der Waals surface area (Å²) in [5.74, 6) is 0.179. The maximum Gasteiger partial charge on any atom is 0.275 e. The van der Waals surface area contributed by atoms with Gasteiger partial charge in [0.1, 0.15) is 5.75 Å². The maximum atomic E-state index is 12.1. The standard InChI is InChI=1S/C15H14BrN3O2/c1-2-21-14-7-6-11(16)9-13(14)15(20)19-18-10-12-5-3-4-8-17-12/h3-10H,2H2,1H3,(H,19,20). The zero-order chi connectivity index (χ0) is 15.1. The number of ether oxygens (including phenoxy) is 1. The van der Waals surface area contributed by atoms with E-state index in [1.165, 1.54) is 6.21 Å². The van der Waals surface area contributed by atoms with Crippen molar-refractivity contribution in [3.8, 4) is 5.75 Å². The molecule has 2 rings (SSSR count). The van der Waals surface area contributed by atoms with Crippen molar-refractivity contribution < 1.29 is 9.53 Å². The summed E-state index contributed by atoms with van der Waals surface area (Å²) in [6.07, 6.45) is 3.14. The van der Waals surface area contributed by atoms with Crippen LogP contribution in [0.4, 0.5) is 0 Å². The number of halogens is 1. The molecule has 1 N–H and O–H groups in total. The van der Waals surface area contributed by atoms with Gasteiger partial charge in [0, 0.05) is 10.7 Å². The molecular formula is C15H14BrN3O2. The number of pyridine rings is 1. The molecule has 0 fully saturated rings. The summed E-state index contributed by atoms with van der Waals surface area (Å²) < 4.78 is 6.23. The van der Waals surface area contributed by atoms with Gasteiger partial charge in [-0.15, -0.1) is 0 Å². The van der Waals surface area contributed by atoms with Gasteiger partial charge in [-0.3, -0.25) is 9.78 Å². The summed E-state index contributed by atoms with van der Waals surface area (Å²) in [5.41, 5.74) is 3.55. The lowest BCUT2D eigenvalue weighted by Crippen LogP contribution is -2.19. The fourth-order valence-electron chi connectivity index (χ4n) is 1.63. The number of rotatable bonds is 5. The Morgan fingerprint density at radius 3 is 3.00 bits per heavy atom. The van der Waals surface area contributed by atoms with E-state index in [2.05, 4.69) is 31.4 Å². The molecule has 0 atom stereocenters. The molecule has 2 aromatic rings. The summed E-state index contributed by atoms with van der Waals surface area (Å²) in [6, 6.07) is 10.7. The molecule has 1 aromatic carbocycles. The van der Waals surface area contributed by atoms with Gasteiger partial charge in [-0.1, -0.05) is 22.0 Å². The second-order valence-electron chi connectivity index (χ2n) is 4.03.